The van der Waals surface area contributed by atoms with Crippen LogP contribution in [0.1, 0.15) is 32.4 Å². The van der Waals surface area contributed by atoms with Gasteiger partial charge in [-0.3, -0.25) is 4.98 Å². The summed E-state index contributed by atoms with van der Waals surface area (Å²) in [5.74, 6) is 0. The van der Waals surface area contributed by atoms with Crippen LogP contribution < -0.4 is 10.5 Å². The topological polar surface area (TPSA) is 94.3 Å². The maximum atomic E-state index is 12.3. The highest BCUT2D eigenvalue weighted by molar-refractivity contribution is 7.89. The molecule has 0 spiro atoms. The monoisotopic (exact) mass is 329 g/mol. The molecule has 6 nitrogen and oxygen atoms in total. The summed E-state index contributed by atoms with van der Waals surface area (Å²) < 4.78 is 33.0. The minimum absolute atomic E-state index is 0.104. The lowest BCUT2D eigenvalue weighted by Gasteiger charge is -2.35. The van der Waals surface area contributed by atoms with Gasteiger partial charge in [-0.1, -0.05) is 12.2 Å². The van der Waals surface area contributed by atoms with Gasteiger partial charge in [-0.25, -0.2) is 13.1 Å². The van der Waals surface area contributed by atoms with E-state index in [9.17, 15) is 8.42 Å². The van der Waals surface area contributed by atoms with Gasteiger partial charge in [0.25, 0.3) is 0 Å². The Morgan fingerprint density at radius 2 is 2.24 bits per heavy atom. The van der Waals surface area contributed by atoms with E-state index < -0.39 is 10.0 Å². The van der Waals surface area contributed by atoms with Crippen LogP contribution in [-0.2, 0) is 14.8 Å². The zero-order valence-corrected chi connectivity index (χ0v) is 13.6. The lowest BCUT2D eigenvalue weighted by molar-refractivity contribution is -0.0599. The molecule has 0 bridgehead atoms. The van der Waals surface area contributed by atoms with Crippen molar-refractivity contribution in [3.05, 3.63) is 24.0 Å². The summed E-state index contributed by atoms with van der Waals surface area (Å²) in [6.45, 7) is 4.44. The van der Waals surface area contributed by atoms with Crippen molar-refractivity contribution < 1.29 is 13.2 Å². The average Bonchev–Trinajstić information content (AvgIpc) is 2.37. The van der Waals surface area contributed by atoms with E-state index in [1.54, 1.807) is 0 Å². The van der Waals surface area contributed by atoms with Gasteiger partial charge in [0.2, 0.25) is 10.0 Å². The van der Waals surface area contributed by atoms with E-state index in [0.29, 0.717) is 25.1 Å². The summed E-state index contributed by atoms with van der Waals surface area (Å²) in [5.41, 5.74) is 5.52. The minimum atomic E-state index is -3.60. The largest absolute Gasteiger partial charge is 0.388 e. The van der Waals surface area contributed by atoms with Crippen LogP contribution in [-0.4, -0.2) is 36.6 Å². The van der Waals surface area contributed by atoms with Gasteiger partial charge >= 0.3 is 0 Å². The van der Waals surface area contributed by atoms with Crippen LogP contribution in [0.5, 0.6) is 0 Å². The third-order valence-electron chi connectivity index (χ3n) is 3.32. The predicted octanol–water partition coefficient (Wildman–Crippen LogP) is 0.952. The minimum Gasteiger partial charge on any atom is -0.388 e. The van der Waals surface area contributed by atoms with E-state index in [4.69, 9.17) is 22.7 Å². The van der Waals surface area contributed by atoms with Crippen molar-refractivity contribution in [2.75, 3.05) is 6.61 Å². The fourth-order valence-electron chi connectivity index (χ4n) is 2.30. The fourth-order valence-corrected chi connectivity index (χ4v) is 3.64. The molecular formula is C13H19N3O3S2. The maximum absolute atomic E-state index is 12.3. The van der Waals surface area contributed by atoms with E-state index in [0.717, 1.165) is 0 Å². The molecule has 0 saturated carbocycles. The third-order valence-corrected chi connectivity index (χ3v) is 5.03. The SMILES string of the molecule is CC1(C)CC(NS(=O)(=O)c2ccc(C(N)=S)nc2)CCO1. The summed E-state index contributed by atoms with van der Waals surface area (Å²) >= 11 is 4.79. The van der Waals surface area contributed by atoms with E-state index in [1.165, 1.54) is 18.3 Å². The van der Waals surface area contributed by atoms with Crippen molar-refractivity contribution in [1.82, 2.24) is 9.71 Å². The molecule has 1 aromatic rings. The van der Waals surface area contributed by atoms with Crippen molar-refractivity contribution in [2.45, 2.75) is 43.2 Å². The Labute approximate surface area is 130 Å². The highest BCUT2D eigenvalue weighted by Gasteiger charge is 2.31. The Bertz CT molecular complexity index is 627. The van der Waals surface area contributed by atoms with Crippen LogP contribution >= 0.6 is 12.2 Å². The van der Waals surface area contributed by atoms with Gasteiger partial charge in [0.05, 0.1) is 11.3 Å². The Morgan fingerprint density at radius 3 is 2.76 bits per heavy atom. The van der Waals surface area contributed by atoms with Gasteiger partial charge in [0, 0.05) is 18.8 Å². The molecule has 1 aliphatic heterocycles. The van der Waals surface area contributed by atoms with Gasteiger partial charge in [-0.05, 0) is 38.8 Å². The number of hydrogen-bond acceptors (Lipinski definition) is 5. The smallest absolute Gasteiger partial charge is 0.242 e. The van der Waals surface area contributed by atoms with Gasteiger partial charge < -0.3 is 10.5 Å². The molecule has 0 aliphatic carbocycles. The van der Waals surface area contributed by atoms with Gasteiger partial charge in [-0.15, -0.1) is 0 Å². The lowest BCUT2D eigenvalue weighted by Crippen LogP contribution is -2.45. The molecule has 116 valence electrons. The van der Waals surface area contributed by atoms with Crippen LogP contribution in [0.15, 0.2) is 23.2 Å². The van der Waals surface area contributed by atoms with Crippen LogP contribution in [0.4, 0.5) is 0 Å². The van der Waals surface area contributed by atoms with Crippen molar-refractivity contribution in [1.29, 1.82) is 0 Å². The molecule has 0 radical (unpaired) electrons. The molecule has 1 aromatic heterocycles. The summed E-state index contributed by atoms with van der Waals surface area (Å²) in [6.07, 6.45) is 2.55. The third kappa shape index (κ3) is 4.19. The first-order valence-corrected chi connectivity index (χ1v) is 8.51. The second-order valence-corrected chi connectivity index (χ2v) is 7.82. The zero-order valence-electron chi connectivity index (χ0n) is 12.0. The molecule has 21 heavy (non-hydrogen) atoms. The quantitative estimate of drug-likeness (QED) is 0.799. The average molecular weight is 329 g/mol. The number of ether oxygens (including phenoxy) is 1. The fraction of sp³-hybridized carbons (Fsp3) is 0.538. The van der Waals surface area contributed by atoms with Crippen molar-refractivity contribution >= 4 is 27.2 Å². The predicted molar refractivity (Wildman–Crippen MR) is 83.5 cm³/mol. The van der Waals surface area contributed by atoms with Crippen molar-refractivity contribution in [2.24, 2.45) is 5.73 Å². The first-order chi connectivity index (χ1) is 9.70. The van der Waals surface area contributed by atoms with Crippen LogP contribution in [0, 0.1) is 0 Å². The van der Waals surface area contributed by atoms with Crippen LogP contribution in [0.25, 0.3) is 0 Å². The molecule has 1 fully saturated rings. The van der Waals surface area contributed by atoms with Gasteiger partial charge in [-0.2, -0.15) is 0 Å². The second-order valence-electron chi connectivity index (χ2n) is 5.66. The molecule has 2 rings (SSSR count). The summed E-state index contributed by atoms with van der Waals surface area (Å²) in [5, 5.41) is 0. The number of sulfonamides is 1. The summed E-state index contributed by atoms with van der Waals surface area (Å²) in [6, 6.07) is 2.81. The molecule has 1 atom stereocenters. The number of nitrogens with two attached hydrogens (primary N) is 1. The van der Waals surface area contributed by atoms with Gasteiger partial charge in [0.15, 0.2) is 0 Å². The van der Waals surface area contributed by atoms with E-state index in [-0.39, 0.29) is 21.5 Å². The number of nitrogens with zero attached hydrogens (tertiary/aromatic N) is 1. The second kappa shape index (κ2) is 5.96. The Balaban J connectivity index is 2.13. The summed E-state index contributed by atoms with van der Waals surface area (Å²) in [4.78, 5) is 4.20. The highest BCUT2D eigenvalue weighted by Crippen LogP contribution is 2.25. The zero-order chi connectivity index (χ0) is 15.7. The van der Waals surface area contributed by atoms with Crippen LogP contribution in [0.2, 0.25) is 0 Å². The van der Waals surface area contributed by atoms with E-state index in [2.05, 4.69) is 9.71 Å². The number of rotatable bonds is 4. The molecule has 3 N–H and O–H groups in total. The molecule has 1 saturated heterocycles. The Morgan fingerprint density at radius 1 is 1.52 bits per heavy atom. The molecule has 0 aromatic carbocycles. The van der Waals surface area contributed by atoms with E-state index in [1.807, 2.05) is 13.8 Å². The Hall–Kier alpha value is -1.09. The number of thiocarbonyl (C=S) groups is 1. The van der Waals surface area contributed by atoms with Gasteiger partial charge in [0.1, 0.15) is 9.88 Å². The highest BCUT2D eigenvalue weighted by atomic mass is 32.2. The van der Waals surface area contributed by atoms with Crippen LogP contribution in [0.3, 0.4) is 0 Å². The standard InChI is InChI=1S/C13H19N3O3S2/c1-13(2)7-9(5-6-19-13)16-21(17,18)10-3-4-11(12(14)20)15-8-10/h3-4,8-9,16H,5-7H2,1-2H3,(H2,14,20). The number of nitrogens with one attached hydrogen (secondary N) is 1. The van der Waals surface area contributed by atoms with Crippen molar-refractivity contribution in [3.8, 4) is 0 Å². The molecule has 2 heterocycles. The first-order valence-electron chi connectivity index (χ1n) is 6.62. The first kappa shape index (κ1) is 16.3. The van der Waals surface area contributed by atoms with E-state index >= 15 is 0 Å². The lowest BCUT2D eigenvalue weighted by atomic mass is 9.95. The molecule has 1 unspecified atom stereocenters. The van der Waals surface area contributed by atoms with Crippen molar-refractivity contribution in [3.63, 3.8) is 0 Å². The molecule has 1 aliphatic rings. The number of pyridine rings is 1. The number of hydrogen-bond donors (Lipinski definition) is 2. The maximum Gasteiger partial charge on any atom is 0.242 e. The molecule has 0 amide bonds. The Kier molecular flexibility index (Phi) is 4.62. The molecule has 8 heteroatoms. The number of aromatic nitrogens is 1. The normalized spacial score (nSPS) is 21.9. The summed E-state index contributed by atoms with van der Waals surface area (Å²) in [7, 11) is -3.60. The molecular weight excluding hydrogens is 310 g/mol.